The zero-order chi connectivity index (χ0) is 18.0. The Bertz CT molecular complexity index is 810. The molecule has 130 valence electrons. The molecule has 25 heavy (non-hydrogen) atoms. The number of carbonyl (C=O) groups excluding carboxylic acids is 2. The first-order valence-electron chi connectivity index (χ1n) is 8.33. The van der Waals surface area contributed by atoms with E-state index in [1.165, 1.54) is 5.56 Å². The first-order chi connectivity index (χ1) is 11.8. The molecule has 0 fully saturated rings. The molecule has 1 heterocycles. The summed E-state index contributed by atoms with van der Waals surface area (Å²) in [6, 6.07) is 13.4. The normalized spacial score (nSPS) is 14.9. The second kappa shape index (κ2) is 6.59. The van der Waals surface area contributed by atoms with Crippen LogP contribution in [0.15, 0.2) is 42.5 Å². The van der Waals surface area contributed by atoms with E-state index in [0.29, 0.717) is 30.0 Å². The molecule has 1 aliphatic heterocycles. The molecule has 0 saturated heterocycles. The Morgan fingerprint density at radius 3 is 2.60 bits per heavy atom. The fraction of sp³-hybridized carbons (Fsp3) is 0.300. The van der Waals surface area contributed by atoms with Crippen LogP contribution in [0.1, 0.15) is 31.4 Å². The lowest BCUT2D eigenvalue weighted by atomic mass is 10.1. The number of aryl methyl sites for hydroxylation is 2. The van der Waals surface area contributed by atoms with Crippen LogP contribution in [0.25, 0.3) is 0 Å². The van der Waals surface area contributed by atoms with Crippen molar-refractivity contribution < 1.29 is 14.3 Å². The summed E-state index contributed by atoms with van der Waals surface area (Å²) in [5.74, 6) is 0.328. The van der Waals surface area contributed by atoms with Gasteiger partial charge >= 0.3 is 0 Å². The molecule has 0 radical (unpaired) electrons. The van der Waals surface area contributed by atoms with Crippen LogP contribution in [0.4, 0.5) is 11.4 Å². The highest BCUT2D eigenvalue weighted by molar-refractivity contribution is 6.01. The Morgan fingerprint density at radius 1 is 1.16 bits per heavy atom. The van der Waals surface area contributed by atoms with Crippen LogP contribution in [0.2, 0.25) is 0 Å². The van der Waals surface area contributed by atoms with E-state index in [0.717, 1.165) is 5.56 Å². The average Bonchev–Trinajstić information content (AvgIpc) is 2.55. The summed E-state index contributed by atoms with van der Waals surface area (Å²) < 4.78 is 5.68. The number of hydrogen-bond acceptors (Lipinski definition) is 3. The quantitative estimate of drug-likeness (QED) is 0.894. The van der Waals surface area contributed by atoms with Crippen LogP contribution in [0.5, 0.6) is 5.75 Å². The summed E-state index contributed by atoms with van der Waals surface area (Å²) in [5.41, 5.74) is 2.65. The van der Waals surface area contributed by atoms with Crippen molar-refractivity contribution in [1.29, 1.82) is 0 Å². The third-order valence-corrected chi connectivity index (χ3v) is 4.18. The van der Waals surface area contributed by atoms with Crippen molar-refractivity contribution in [3.05, 3.63) is 53.6 Å². The minimum atomic E-state index is -0.897. The van der Waals surface area contributed by atoms with Gasteiger partial charge in [-0.3, -0.25) is 9.59 Å². The molecule has 3 rings (SSSR count). The standard InChI is InChI=1S/C20H22N2O3/c1-13-4-6-14(7-5-13)8-11-18(23)21-15-9-10-17-16(12-15)22-19(24)20(2,3)25-17/h4-7,9-10,12H,8,11H2,1-3H3,(H,21,23)(H,22,24). The van der Waals surface area contributed by atoms with Crippen molar-refractivity contribution >= 4 is 23.2 Å². The van der Waals surface area contributed by atoms with Gasteiger partial charge in [-0.15, -0.1) is 0 Å². The maximum absolute atomic E-state index is 12.2. The van der Waals surface area contributed by atoms with Gasteiger partial charge in [0.1, 0.15) is 5.75 Å². The zero-order valence-electron chi connectivity index (χ0n) is 14.7. The highest BCUT2D eigenvalue weighted by Crippen LogP contribution is 2.35. The number of carbonyl (C=O) groups is 2. The number of fused-ring (bicyclic) bond motifs is 1. The van der Waals surface area contributed by atoms with Crippen molar-refractivity contribution in [2.24, 2.45) is 0 Å². The SMILES string of the molecule is Cc1ccc(CCC(=O)Nc2ccc3c(c2)NC(=O)C(C)(C)O3)cc1. The molecular formula is C20H22N2O3. The number of nitrogens with one attached hydrogen (secondary N) is 2. The molecule has 0 aliphatic carbocycles. The fourth-order valence-electron chi connectivity index (χ4n) is 2.62. The van der Waals surface area contributed by atoms with Crippen LogP contribution in [0, 0.1) is 6.92 Å². The van der Waals surface area contributed by atoms with Gasteiger partial charge in [-0.1, -0.05) is 29.8 Å². The van der Waals surface area contributed by atoms with Crippen LogP contribution < -0.4 is 15.4 Å². The van der Waals surface area contributed by atoms with Gasteiger partial charge in [-0.25, -0.2) is 0 Å². The Kier molecular flexibility index (Phi) is 4.49. The lowest BCUT2D eigenvalue weighted by Crippen LogP contribution is -2.45. The second-order valence-electron chi connectivity index (χ2n) is 6.81. The molecule has 1 aliphatic rings. The van der Waals surface area contributed by atoms with E-state index >= 15 is 0 Å². The Hall–Kier alpha value is -2.82. The van der Waals surface area contributed by atoms with Gasteiger partial charge in [0.25, 0.3) is 5.91 Å². The molecule has 0 aromatic heterocycles. The molecule has 0 unspecified atom stereocenters. The van der Waals surface area contributed by atoms with Gasteiger partial charge in [-0.2, -0.15) is 0 Å². The molecule has 5 nitrogen and oxygen atoms in total. The van der Waals surface area contributed by atoms with Crippen molar-refractivity contribution in [3.63, 3.8) is 0 Å². The zero-order valence-corrected chi connectivity index (χ0v) is 14.7. The second-order valence-corrected chi connectivity index (χ2v) is 6.81. The van der Waals surface area contributed by atoms with Crippen LogP contribution in [-0.2, 0) is 16.0 Å². The molecule has 2 aromatic rings. The molecule has 5 heteroatoms. The summed E-state index contributed by atoms with van der Waals surface area (Å²) in [5, 5.41) is 5.68. The Balaban J connectivity index is 1.61. The van der Waals surface area contributed by atoms with E-state index in [1.54, 1.807) is 32.0 Å². The van der Waals surface area contributed by atoms with Crippen molar-refractivity contribution in [3.8, 4) is 5.75 Å². The topological polar surface area (TPSA) is 67.4 Å². The maximum atomic E-state index is 12.2. The number of benzene rings is 2. The Morgan fingerprint density at radius 2 is 1.88 bits per heavy atom. The third-order valence-electron chi connectivity index (χ3n) is 4.18. The Labute approximate surface area is 147 Å². The molecular weight excluding hydrogens is 316 g/mol. The lowest BCUT2D eigenvalue weighted by Gasteiger charge is -2.31. The predicted molar refractivity (Wildman–Crippen MR) is 97.9 cm³/mol. The van der Waals surface area contributed by atoms with Gasteiger partial charge in [-0.05, 0) is 51.0 Å². The van der Waals surface area contributed by atoms with E-state index in [9.17, 15) is 9.59 Å². The summed E-state index contributed by atoms with van der Waals surface area (Å²) in [7, 11) is 0. The number of hydrogen-bond donors (Lipinski definition) is 2. The molecule has 2 N–H and O–H groups in total. The molecule has 0 atom stereocenters. The average molecular weight is 338 g/mol. The summed E-state index contributed by atoms with van der Waals surface area (Å²) in [4.78, 5) is 24.1. The summed E-state index contributed by atoms with van der Waals surface area (Å²) in [6.07, 6.45) is 1.08. The van der Waals surface area contributed by atoms with Gasteiger partial charge in [0.05, 0.1) is 5.69 Å². The first-order valence-corrected chi connectivity index (χ1v) is 8.33. The first kappa shape index (κ1) is 17.0. The van der Waals surface area contributed by atoms with E-state index in [-0.39, 0.29) is 11.8 Å². The maximum Gasteiger partial charge on any atom is 0.268 e. The third kappa shape index (κ3) is 3.99. The van der Waals surface area contributed by atoms with E-state index < -0.39 is 5.60 Å². The largest absolute Gasteiger partial charge is 0.476 e. The minimum Gasteiger partial charge on any atom is -0.476 e. The van der Waals surface area contributed by atoms with Gasteiger partial charge < -0.3 is 15.4 Å². The molecule has 0 saturated carbocycles. The lowest BCUT2D eigenvalue weighted by molar-refractivity contribution is -0.129. The van der Waals surface area contributed by atoms with Crippen molar-refractivity contribution in [2.45, 2.75) is 39.2 Å². The number of anilines is 2. The molecule has 2 aromatic carbocycles. The van der Waals surface area contributed by atoms with Gasteiger partial charge in [0.15, 0.2) is 5.60 Å². The smallest absolute Gasteiger partial charge is 0.268 e. The van der Waals surface area contributed by atoms with E-state index in [1.807, 2.05) is 31.2 Å². The van der Waals surface area contributed by atoms with Crippen molar-refractivity contribution in [1.82, 2.24) is 0 Å². The summed E-state index contributed by atoms with van der Waals surface area (Å²) >= 11 is 0. The number of rotatable bonds is 4. The molecule has 0 bridgehead atoms. The number of ether oxygens (including phenoxy) is 1. The monoisotopic (exact) mass is 338 g/mol. The molecule has 2 amide bonds. The summed E-state index contributed by atoms with van der Waals surface area (Å²) in [6.45, 7) is 5.47. The molecule has 0 spiro atoms. The fourth-order valence-corrected chi connectivity index (χ4v) is 2.62. The highest BCUT2D eigenvalue weighted by atomic mass is 16.5. The minimum absolute atomic E-state index is 0.0658. The predicted octanol–water partition coefficient (Wildman–Crippen LogP) is 3.68. The van der Waals surface area contributed by atoms with Crippen LogP contribution in [0.3, 0.4) is 0 Å². The van der Waals surface area contributed by atoms with Crippen LogP contribution in [-0.4, -0.2) is 17.4 Å². The van der Waals surface area contributed by atoms with Crippen LogP contribution >= 0.6 is 0 Å². The van der Waals surface area contributed by atoms with E-state index in [4.69, 9.17) is 4.74 Å². The van der Waals surface area contributed by atoms with E-state index in [2.05, 4.69) is 10.6 Å². The number of amides is 2. The van der Waals surface area contributed by atoms with Crippen molar-refractivity contribution in [2.75, 3.05) is 10.6 Å². The van der Waals surface area contributed by atoms with Gasteiger partial charge in [0.2, 0.25) is 5.91 Å². The van der Waals surface area contributed by atoms with Gasteiger partial charge in [0, 0.05) is 12.1 Å². The highest BCUT2D eigenvalue weighted by Gasteiger charge is 2.35.